The Morgan fingerprint density at radius 3 is 2.34 bits per heavy atom. The molecule has 2 aliphatic heterocycles. The maximum absolute atomic E-state index is 13.6. The number of nitrogens with zero attached hydrogens (tertiary/aromatic N) is 4. The zero-order valence-electron chi connectivity index (χ0n) is 21.4. The van der Waals surface area contributed by atoms with Crippen LogP contribution in [0.3, 0.4) is 0 Å². The van der Waals surface area contributed by atoms with Crippen molar-refractivity contribution in [2.75, 3.05) is 47.0 Å². The lowest BCUT2D eigenvalue weighted by Crippen LogP contribution is -2.39. The van der Waals surface area contributed by atoms with Crippen LogP contribution in [0.1, 0.15) is 38.5 Å². The maximum Gasteiger partial charge on any atom is 0.251 e. The van der Waals surface area contributed by atoms with Gasteiger partial charge < -0.3 is 14.8 Å². The summed E-state index contributed by atoms with van der Waals surface area (Å²) in [5, 5.41) is 0. The third-order valence-electron chi connectivity index (χ3n) is 8.08. The van der Waals surface area contributed by atoms with Gasteiger partial charge in [0.25, 0.3) is 5.92 Å². The van der Waals surface area contributed by atoms with Crippen molar-refractivity contribution in [1.29, 1.82) is 0 Å². The van der Waals surface area contributed by atoms with Crippen LogP contribution in [0.15, 0.2) is 42.6 Å². The number of piperidine rings is 2. The molecule has 2 aromatic heterocycles. The molecule has 11 heteroatoms. The molecule has 0 radical (unpaired) electrons. The zero-order chi connectivity index (χ0) is 26.5. The van der Waals surface area contributed by atoms with Gasteiger partial charge in [-0.25, -0.2) is 27.2 Å². The van der Waals surface area contributed by atoms with Crippen LogP contribution in [0.5, 0.6) is 0 Å². The first-order chi connectivity index (χ1) is 18.1. The first-order valence-electron chi connectivity index (χ1n) is 13.1. The first kappa shape index (κ1) is 25.1. The Labute approximate surface area is 221 Å². The summed E-state index contributed by atoms with van der Waals surface area (Å²) < 4.78 is 53.6. The van der Waals surface area contributed by atoms with Gasteiger partial charge in [0.05, 0.1) is 29.5 Å². The molecule has 4 heterocycles. The number of nitrogens with one attached hydrogen (secondary N) is 2. The Hall–Kier alpha value is -3.21. The van der Waals surface area contributed by atoms with Gasteiger partial charge in [0.2, 0.25) is 10.0 Å². The standard InChI is InChI=1S/C27H32F2N6O2S/c1-38(36,37)33-19-5-6-20(23(17-19)34-13-9-26(7-8-26)10-14-34)25-30-18-22(32-25)21-3-2-4-24(31-21)35-15-11-27(28,29)12-16-35/h2-6,17-18,33H,7-16H2,1H3,(H,30,32). The molecule has 0 unspecified atom stereocenters. The normalized spacial score (nSPS) is 20.5. The van der Waals surface area contributed by atoms with Gasteiger partial charge in [-0.2, -0.15) is 0 Å². The molecule has 2 saturated heterocycles. The van der Waals surface area contributed by atoms with E-state index in [1.807, 2.05) is 35.2 Å². The molecule has 6 rings (SSSR count). The van der Waals surface area contributed by atoms with Crippen molar-refractivity contribution >= 4 is 27.2 Å². The highest BCUT2D eigenvalue weighted by atomic mass is 32.2. The predicted molar refractivity (Wildman–Crippen MR) is 145 cm³/mol. The lowest BCUT2D eigenvalue weighted by Gasteiger charge is -2.35. The summed E-state index contributed by atoms with van der Waals surface area (Å²) in [6.07, 6.45) is 7.42. The van der Waals surface area contributed by atoms with E-state index in [0.29, 0.717) is 28.4 Å². The van der Waals surface area contributed by atoms with E-state index in [-0.39, 0.29) is 25.9 Å². The minimum atomic E-state index is -3.41. The van der Waals surface area contributed by atoms with Crippen LogP contribution >= 0.6 is 0 Å². The summed E-state index contributed by atoms with van der Waals surface area (Å²) in [6, 6.07) is 11.1. The number of H-pyrrole nitrogens is 1. The van der Waals surface area contributed by atoms with Crippen molar-refractivity contribution in [3.8, 4) is 22.8 Å². The molecule has 202 valence electrons. The van der Waals surface area contributed by atoms with E-state index in [0.717, 1.165) is 49.1 Å². The SMILES string of the molecule is CS(=O)(=O)Nc1ccc(-c2ncc(-c3cccc(N4CCC(F)(F)CC4)n3)[nH]2)c(N2CCC3(CC2)CC3)c1. The molecule has 2 N–H and O–H groups in total. The number of benzene rings is 1. The van der Waals surface area contributed by atoms with E-state index < -0.39 is 15.9 Å². The van der Waals surface area contributed by atoms with Crippen LogP contribution in [0, 0.1) is 5.41 Å². The van der Waals surface area contributed by atoms with E-state index in [1.54, 1.807) is 12.3 Å². The van der Waals surface area contributed by atoms with E-state index in [1.165, 1.54) is 12.8 Å². The summed E-state index contributed by atoms with van der Waals surface area (Å²) in [5.74, 6) is -1.27. The predicted octanol–water partition coefficient (Wildman–Crippen LogP) is 5.13. The number of aromatic amines is 1. The van der Waals surface area contributed by atoms with Crippen molar-refractivity contribution in [2.24, 2.45) is 5.41 Å². The van der Waals surface area contributed by atoms with Crippen molar-refractivity contribution < 1.29 is 17.2 Å². The van der Waals surface area contributed by atoms with Gasteiger partial charge in [0.1, 0.15) is 11.6 Å². The molecule has 3 aromatic rings. The van der Waals surface area contributed by atoms with Gasteiger partial charge >= 0.3 is 0 Å². The number of sulfonamides is 1. The van der Waals surface area contributed by atoms with E-state index in [4.69, 9.17) is 4.98 Å². The smallest absolute Gasteiger partial charge is 0.251 e. The number of aromatic nitrogens is 3. The average molecular weight is 543 g/mol. The van der Waals surface area contributed by atoms with Crippen LogP contribution in [0.25, 0.3) is 22.8 Å². The molecular formula is C27H32F2N6O2S. The van der Waals surface area contributed by atoms with Crippen LogP contribution in [0.2, 0.25) is 0 Å². The van der Waals surface area contributed by atoms with Crippen LogP contribution in [-0.2, 0) is 10.0 Å². The summed E-state index contributed by atoms with van der Waals surface area (Å²) in [4.78, 5) is 17.0. The highest BCUT2D eigenvalue weighted by molar-refractivity contribution is 7.92. The topological polar surface area (TPSA) is 94.2 Å². The molecule has 3 fully saturated rings. The highest BCUT2D eigenvalue weighted by Gasteiger charge is 2.44. The second kappa shape index (κ2) is 9.21. The highest BCUT2D eigenvalue weighted by Crippen LogP contribution is 2.54. The van der Waals surface area contributed by atoms with Gasteiger partial charge in [-0.05, 0) is 61.4 Å². The molecule has 38 heavy (non-hydrogen) atoms. The van der Waals surface area contributed by atoms with Gasteiger partial charge in [0.15, 0.2) is 0 Å². The molecule has 1 spiro atoms. The largest absolute Gasteiger partial charge is 0.371 e. The number of imidazole rings is 1. The Morgan fingerprint density at radius 1 is 0.947 bits per heavy atom. The van der Waals surface area contributed by atoms with Crippen LogP contribution in [-0.4, -0.2) is 61.7 Å². The average Bonchev–Trinajstić information content (AvgIpc) is 3.44. The Balaban J connectivity index is 1.28. The van der Waals surface area contributed by atoms with Gasteiger partial charge in [-0.15, -0.1) is 0 Å². The monoisotopic (exact) mass is 542 g/mol. The van der Waals surface area contributed by atoms with E-state index in [2.05, 4.69) is 19.6 Å². The minimum Gasteiger partial charge on any atom is -0.371 e. The maximum atomic E-state index is 13.6. The summed E-state index contributed by atoms with van der Waals surface area (Å²) >= 11 is 0. The van der Waals surface area contributed by atoms with Crippen molar-refractivity contribution in [3.05, 3.63) is 42.6 Å². The minimum absolute atomic E-state index is 0.169. The molecule has 8 nitrogen and oxygen atoms in total. The summed E-state index contributed by atoms with van der Waals surface area (Å²) in [6.45, 7) is 2.38. The van der Waals surface area contributed by atoms with E-state index >= 15 is 0 Å². The zero-order valence-corrected chi connectivity index (χ0v) is 22.2. The van der Waals surface area contributed by atoms with Crippen LogP contribution < -0.4 is 14.5 Å². The Bertz CT molecular complexity index is 1430. The van der Waals surface area contributed by atoms with Gasteiger partial charge in [0, 0.05) is 50.3 Å². The molecule has 3 aliphatic rings. The fraction of sp³-hybridized carbons (Fsp3) is 0.481. The summed E-state index contributed by atoms with van der Waals surface area (Å²) in [5.41, 5.74) is 4.26. The molecular weight excluding hydrogens is 510 g/mol. The number of rotatable bonds is 6. The third-order valence-corrected chi connectivity index (χ3v) is 8.69. The molecule has 1 saturated carbocycles. The molecule has 0 amide bonds. The first-order valence-corrected chi connectivity index (χ1v) is 15.0. The number of halogens is 2. The van der Waals surface area contributed by atoms with Crippen LogP contribution in [0.4, 0.5) is 26.0 Å². The fourth-order valence-corrected chi connectivity index (χ4v) is 6.13. The van der Waals surface area contributed by atoms with Crippen molar-refractivity contribution in [3.63, 3.8) is 0 Å². The lowest BCUT2D eigenvalue weighted by atomic mass is 9.93. The van der Waals surface area contributed by atoms with Gasteiger partial charge in [-0.1, -0.05) is 6.07 Å². The third kappa shape index (κ3) is 5.34. The summed E-state index contributed by atoms with van der Waals surface area (Å²) in [7, 11) is -3.41. The molecule has 0 bridgehead atoms. The number of pyridine rings is 1. The Morgan fingerprint density at radius 2 is 1.66 bits per heavy atom. The lowest BCUT2D eigenvalue weighted by molar-refractivity contribution is -0.0221. The molecule has 0 atom stereocenters. The Kier molecular flexibility index (Phi) is 6.08. The number of hydrogen-bond donors (Lipinski definition) is 2. The van der Waals surface area contributed by atoms with Crippen molar-refractivity contribution in [1.82, 2.24) is 15.0 Å². The number of anilines is 3. The quantitative estimate of drug-likeness (QED) is 0.449. The number of alkyl halides is 2. The van der Waals surface area contributed by atoms with Gasteiger partial charge in [-0.3, -0.25) is 4.72 Å². The second-order valence-electron chi connectivity index (χ2n) is 11.0. The molecule has 1 aliphatic carbocycles. The van der Waals surface area contributed by atoms with Crippen molar-refractivity contribution in [2.45, 2.75) is 44.4 Å². The second-order valence-corrected chi connectivity index (χ2v) is 12.7. The number of hydrogen-bond acceptors (Lipinski definition) is 6. The van der Waals surface area contributed by atoms with E-state index in [9.17, 15) is 17.2 Å². The fourth-order valence-electron chi connectivity index (χ4n) is 5.57. The molecule has 1 aromatic carbocycles.